The molecule has 18 heavy (non-hydrogen) atoms. The average molecular weight is 268 g/mol. The third kappa shape index (κ3) is 5.00. The number of carboxylic acid groups (broad SMARTS) is 1. The van der Waals surface area contributed by atoms with Crippen molar-refractivity contribution in [1.29, 1.82) is 0 Å². The zero-order valence-corrected chi connectivity index (χ0v) is 11.7. The Kier molecular flexibility index (Phi) is 6.05. The van der Waals surface area contributed by atoms with Gasteiger partial charge in [0.2, 0.25) is 0 Å². The van der Waals surface area contributed by atoms with Crippen LogP contribution in [0.15, 0.2) is 24.3 Å². The molecule has 0 amide bonds. The molecule has 1 N–H and O–H groups in total. The van der Waals surface area contributed by atoms with Gasteiger partial charge in [0.1, 0.15) is 0 Å². The van der Waals surface area contributed by atoms with Gasteiger partial charge in [0.25, 0.3) is 0 Å². The van der Waals surface area contributed by atoms with Gasteiger partial charge in [-0.2, -0.15) is 0 Å². The fraction of sp³-hybridized carbons (Fsp3) is 0.500. The predicted molar refractivity (Wildman–Crippen MR) is 74.0 cm³/mol. The molecule has 100 valence electrons. The number of hydrogen-bond acceptors (Lipinski definition) is 2. The molecule has 0 saturated carbocycles. The Morgan fingerprint density at radius 1 is 1.33 bits per heavy atom. The van der Waals surface area contributed by atoms with E-state index < -0.39 is 16.8 Å². The highest BCUT2D eigenvalue weighted by Crippen LogP contribution is 2.14. The Morgan fingerprint density at radius 2 is 1.94 bits per heavy atom. The molecule has 0 saturated heterocycles. The molecule has 0 aliphatic carbocycles. The van der Waals surface area contributed by atoms with E-state index in [0.29, 0.717) is 17.4 Å². The van der Waals surface area contributed by atoms with Gasteiger partial charge in [-0.05, 0) is 17.0 Å². The first-order valence-corrected chi connectivity index (χ1v) is 7.65. The molecule has 0 aromatic heterocycles. The van der Waals surface area contributed by atoms with Crippen LogP contribution in [0.1, 0.15) is 31.4 Å². The van der Waals surface area contributed by atoms with Crippen molar-refractivity contribution >= 4 is 16.8 Å². The molecule has 2 unspecified atom stereocenters. The van der Waals surface area contributed by atoms with Crippen LogP contribution in [-0.2, 0) is 27.8 Å². The summed E-state index contributed by atoms with van der Waals surface area (Å²) in [5.74, 6) is 0.721. The van der Waals surface area contributed by atoms with Gasteiger partial charge < -0.3 is 5.11 Å². The first-order valence-electron chi connectivity index (χ1n) is 6.16. The van der Waals surface area contributed by atoms with E-state index in [1.807, 2.05) is 18.2 Å². The van der Waals surface area contributed by atoms with Crippen molar-refractivity contribution < 1.29 is 14.1 Å². The minimum absolute atomic E-state index is 0.00327. The van der Waals surface area contributed by atoms with Gasteiger partial charge in [-0.15, -0.1) is 0 Å². The normalized spacial score (nSPS) is 14.1. The summed E-state index contributed by atoms with van der Waals surface area (Å²) in [6.07, 6.45) is 1.01. The van der Waals surface area contributed by atoms with Crippen molar-refractivity contribution in [2.75, 3.05) is 5.75 Å². The van der Waals surface area contributed by atoms with Gasteiger partial charge in [0.05, 0.1) is 6.42 Å². The number of aliphatic carboxylic acids is 1. The SMILES string of the molecule is CCC(C)CS(=O)Cc1ccccc1CC(=O)O. The lowest BCUT2D eigenvalue weighted by molar-refractivity contribution is -0.136. The molecule has 1 aromatic rings. The molecular weight excluding hydrogens is 248 g/mol. The van der Waals surface area contributed by atoms with Crippen LogP contribution in [0.2, 0.25) is 0 Å². The third-order valence-electron chi connectivity index (χ3n) is 2.94. The van der Waals surface area contributed by atoms with Crippen LogP contribution < -0.4 is 0 Å². The van der Waals surface area contributed by atoms with Crippen molar-refractivity contribution in [3.63, 3.8) is 0 Å². The van der Waals surface area contributed by atoms with Crippen LogP contribution in [-0.4, -0.2) is 21.0 Å². The molecule has 0 aliphatic rings. The van der Waals surface area contributed by atoms with Crippen molar-refractivity contribution in [2.45, 2.75) is 32.4 Å². The Balaban J connectivity index is 2.71. The monoisotopic (exact) mass is 268 g/mol. The molecular formula is C14H20O3S. The Labute approximate surface area is 111 Å². The Hall–Kier alpha value is -1.16. The fourth-order valence-electron chi connectivity index (χ4n) is 1.70. The lowest BCUT2D eigenvalue weighted by Gasteiger charge is -2.10. The summed E-state index contributed by atoms with van der Waals surface area (Å²) in [7, 11) is -0.919. The van der Waals surface area contributed by atoms with Crippen molar-refractivity contribution in [1.82, 2.24) is 0 Å². The predicted octanol–water partition coefficient (Wildman–Crippen LogP) is 2.61. The Morgan fingerprint density at radius 3 is 2.50 bits per heavy atom. The second-order valence-corrected chi connectivity index (χ2v) is 6.11. The molecule has 4 heteroatoms. The molecule has 0 radical (unpaired) electrons. The van der Waals surface area contributed by atoms with Crippen LogP contribution in [0.4, 0.5) is 0 Å². The molecule has 0 spiro atoms. The van der Waals surface area contributed by atoms with Crippen molar-refractivity contribution in [2.24, 2.45) is 5.92 Å². The van der Waals surface area contributed by atoms with E-state index in [4.69, 9.17) is 5.11 Å². The first-order chi connectivity index (χ1) is 8.52. The lowest BCUT2D eigenvalue weighted by atomic mass is 10.1. The van der Waals surface area contributed by atoms with Crippen molar-refractivity contribution in [3.05, 3.63) is 35.4 Å². The van der Waals surface area contributed by atoms with Gasteiger partial charge in [0, 0.05) is 22.3 Å². The number of hydrogen-bond donors (Lipinski definition) is 1. The second kappa shape index (κ2) is 7.31. The second-order valence-electron chi connectivity index (χ2n) is 4.60. The summed E-state index contributed by atoms with van der Waals surface area (Å²) in [4.78, 5) is 10.8. The van der Waals surface area contributed by atoms with Crippen LogP contribution in [0.25, 0.3) is 0 Å². The number of rotatable bonds is 7. The van der Waals surface area contributed by atoms with Gasteiger partial charge in [-0.1, -0.05) is 44.5 Å². The third-order valence-corrected chi connectivity index (χ3v) is 4.52. The van der Waals surface area contributed by atoms with Crippen molar-refractivity contribution in [3.8, 4) is 0 Å². The van der Waals surface area contributed by atoms with Gasteiger partial charge in [-0.3, -0.25) is 9.00 Å². The number of carboxylic acids is 1. The maximum atomic E-state index is 12.0. The summed E-state index contributed by atoms with van der Waals surface area (Å²) in [6, 6.07) is 7.34. The summed E-state index contributed by atoms with van der Waals surface area (Å²) in [6.45, 7) is 4.17. The summed E-state index contributed by atoms with van der Waals surface area (Å²) < 4.78 is 12.0. The molecule has 1 aromatic carbocycles. The van der Waals surface area contributed by atoms with Crippen LogP contribution in [0.5, 0.6) is 0 Å². The molecule has 2 atom stereocenters. The quantitative estimate of drug-likeness (QED) is 0.827. The van der Waals surface area contributed by atoms with Crippen LogP contribution in [0.3, 0.4) is 0 Å². The molecule has 1 rings (SSSR count). The highest BCUT2D eigenvalue weighted by Gasteiger charge is 2.11. The summed E-state index contributed by atoms with van der Waals surface area (Å²) in [5.41, 5.74) is 1.66. The van der Waals surface area contributed by atoms with Gasteiger partial charge in [0.15, 0.2) is 0 Å². The van der Waals surface area contributed by atoms with Gasteiger partial charge >= 0.3 is 5.97 Å². The molecule has 0 fully saturated rings. The summed E-state index contributed by atoms with van der Waals surface area (Å²) >= 11 is 0. The fourth-order valence-corrected chi connectivity index (χ4v) is 3.32. The smallest absolute Gasteiger partial charge is 0.307 e. The topological polar surface area (TPSA) is 54.4 Å². The standard InChI is InChI=1S/C14H20O3S/c1-3-11(2)9-18(17)10-13-7-5-4-6-12(13)8-14(15)16/h4-7,11H,3,8-10H2,1-2H3,(H,15,16). The zero-order valence-electron chi connectivity index (χ0n) is 10.9. The zero-order chi connectivity index (χ0) is 13.5. The van der Waals surface area contributed by atoms with E-state index in [0.717, 1.165) is 17.5 Å². The Bertz CT molecular complexity index is 429. The van der Waals surface area contributed by atoms with E-state index in [2.05, 4.69) is 13.8 Å². The van der Waals surface area contributed by atoms with Crippen LogP contribution in [0, 0.1) is 5.92 Å². The molecule has 0 aliphatic heterocycles. The van der Waals surface area contributed by atoms with E-state index in [1.165, 1.54) is 0 Å². The average Bonchev–Trinajstić information content (AvgIpc) is 2.30. The first kappa shape index (κ1) is 14.9. The van der Waals surface area contributed by atoms with E-state index in [-0.39, 0.29) is 6.42 Å². The molecule has 0 bridgehead atoms. The highest BCUT2D eigenvalue weighted by atomic mass is 32.2. The highest BCUT2D eigenvalue weighted by molar-refractivity contribution is 7.84. The van der Waals surface area contributed by atoms with E-state index in [1.54, 1.807) is 6.07 Å². The minimum atomic E-state index is -0.919. The van der Waals surface area contributed by atoms with E-state index >= 15 is 0 Å². The molecule has 3 nitrogen and oxygen atoms in total. The maximum absolute atomic E-state index is 12.0. The van der Waals surface area contributed by atoms with Crippen LogP contribution >= 0.6 is 0 Å². The number of benzene rings is 1. The minimum Gasteiger partial charge on any atom is -0.481 e. The lowest BCUT2D eigenvalue weighted by Crippen LogP contribution is -2.11. The number of carbonyl (C=O) groups is 1. The maximum Gasteiger partial charge on any atom is 0.307 e. The molecule has 0 heterocycles. The largest absolute Gasteiger partial charge is 0.481 e. The van der Waals surface area contributed by atoms with Gasteiger partial charge in [-0.25, -0.2) is 0 Å². The van der Waals surface area contributed by atoms with E-state index in [9.17, 15) is 9.00 Å². The summed E-state index contributed by atoms with van der Waals surface area (Å²) in [5, 5.41) is 8.83.